The van der Waals surface area contributed by atoms with Crippen LogP contribution in [0, 0.1) is 26.6 Å². The molecule has 174 valence electrons. The van der Waals surface area contributed by atoms with Gasteiger partial charge in [-0.2, -0.15) is 9.40 Å². The Labute approximate surface area is 192 Å². The van der Waals surface area contributed by atoms with E-state index >= 15 is 0 Å². The molecule has 1 saturated heterocycles. The van der Waals surface area contributed by atoms with Crippen LogP contribution in [0.15, 0.2) is 47.4 Å². The number of aryl methyl sites for hydroxylation is 3. The zero-order valence-corrected chi connectivity index (χ0v) is 19.4. The molecule has 10 heteroatoms. The van der Waals surface area contributed by atoms with E-state index in [-0.39, 0.29) is 34.9 Å². The Bertz CT molecular complexity index is 1310. The van der Waals surface area contributed by atoms with Gasteiger partial charge in [0.15, 0.2) is 5.82 Å². The molecule has 33 heavy (non-hydrogen) atoms. The zero-order valence-electron chi connectivity index (χ0n) is 18.6. The van der Waals surface area contributed by atoms with Gasteiger partial charge in [-0.25, -0.2) is 17.5 Å². The molecule has 1 amide bonds. The van der Waals surface area contributed by atoms with Crippen molar-refractivity contribution >= 4 is 21.6 Å². The minimum Gasteiger partial charge on any atom is -0.379 e. The Balaban J connectivity index is 1.57. The standard InChI is InChI=1S/C23H25FN4O4S/c1-15-4-5-18(13-22(15)33(30,31)27-8-10-32-11-9-27)23(29)25-19-6-7-21(20(24)14-19)28-17(3)12-16(2)26-28/h4-7,12-14H,8-11H2,1-3H3,(H,25,29). The van der Waals surface area contributed by atoms with Crippen LogP contribution in [0.3, 0.4) is 0 Å². The van der Waals surface area contributed by atoms with Crippen molar-refractivity contribution < 1.29 is 22.3 Å². The molecule has 1 aliphatic heterocycles. The third kappa shape index (κ3) is 4.68. The fourth-order valence-corrected chi connectivity index (χ4v) is 5.44. The van der Waals surface area contributed by atoms with Gasteiger partial charge in [-0.1, -0.05) is 6.07 Å². The number of rotatable bonds is 5. The largest absolute Gasteiger partial charge is 0.379 e. The summed E-state index contributed by atoms with van der Waals surface area (Å²) in [5, 5.41) is 6.92. The van der Waals surface area contributed by atoms with Crippen molar-refractivity contribution in [2.24, 2.45) is 0 Å². The molecule has 3 aromatic rings. The van der Waals surface area contributed by atoms with E-state index in [0.717, 1.165) is 11.4 Å². The first kappa shape index (κ1) is 23.1. The monoisotopic (exact) mass is 472 g/mol. The number of sulfonamides is 1. The Morgan fingerprint density at radius 1 is 1.06 bits per heavy atom. The van der Waals surface area contributed by atoms with Crippen molar-refractivity contribution in [3.8, 4) is 5.69 Å². The summed E-state index contributed by atoms with van der Waals surface area (Å²) in [5.41, 5.74) is 2.78. The summed E-state index contributed by atoms with van der Waals surface area (Å²) in [6, 6.07) is 10.7. The van der Waals surface area contributed by atoms with E-state index in [1.54, 1.807) is 25.1 Å². The number of carbonyl (C=O) groups is 1. The maximum absolute atomic E-state index is 14.7. The second kappa shape index (κ2) is 9.05. The number of morpholine rings is 1. The van der Waals surface area contributed by atoms with Gasteiger partial charge in [0.2, 0.25) is 10.0 Å². The number of hydrogen-bond donors (Lipinski definition) is 1. The maximum atomic E-state index is 14.7. The lowest BCUT2D eigenvalue weighted by Crippen LogP contribution is -2.40. The van der Waals surface area contributed by atoms with Gasteiger partial charge in [-0.3, -0.25) is 4.79 Å². The van der Waals surface area contributed by atoms with Crippen molar-refractivity contribution in [2.75, 3.05) is 31.6 Å². The average molecular weight is 473 g/mol. The molecule has 4 rings (SSSR count). The summed E-state index contributed by atoms with van der Waals surface area (Å²) in [6.07, 6.45) is 0. The van der Waals surface area contributed by atoms with E-state index in [1.807, 2.05) is 19.9 Å². The number of anilines is 1. The second-order valence-electron chi connectivity index (χ2n) is 7.96. The molecule has 0 aliphatic carbocycles. The summed E-state index contributed by atoms with van der Waals surface area (Å²) in [4.78, 5) is 12.9. The number of hydrogen-bond acceptors (Lipinski definition) is 5. The lowest BCUT2D eigenvalue weighted by Gasteiger charge is -2.26. The normalized spacial score (nSPS) is 14.9. The highest BCUT2D eigenvalue weighted by Gasteiger charge is 2.28. The van der Waals surface area contributed by atoms with Crippen molar-refractivity contribution in [1.29, 1.82) is 0 Å². The van der Waals surface area contributed by atoms with Crippen LogP contribution < -0.4 is 5.32 Å². The first-order valence-corrected chi connectivity index (χ1v) is 11.9. The molecule has 8 nitrogen and oxygen atoms in total. The van der Waals surface area contributed by atoms with E-state index in [0.29, 0.717) is 18.8 Å². The molecule has 2 heterocycles. The molecule has 0 radical (unpaired) electrons. The highest BCUT2D eigenvalue weighted by Crippen LogP contribution is 2.24. The van der Waals surface area contributed by atoms with E-state index in [1.165, 1.54) is 27.2 Å². The number of nitrogens with one attached hydrogen (secondary N) is 1. The number of ether oxygens (including phenoxy) is 1. The average Bonchev–Trinajstić information content (AvgIpc) is 3.12. The van der Waals surface area contributed by atoms with Crippen LogP contribution in [0.1, 0.15) is 27.3 Å². The molecule has 0 unspecified atom stereocenters. The number of benzene rings is 2. The predicted octanol–water partition coefficient (Wildman–Crippen LogP) is 3.21. The van der Waals surface area contributed by atoms with Crippen molar-refractivity contribution in [2.45, 2.75) is 25.7 Å². The van der Waals surface area contributed by atoms with Gasteiger partial charge < -0.3 is 10.1 Å². The Morgan fingerprint density at radius 2 is 1.79 bits per heavy atom. The van der Waals surface area contributed by atoms with Gasteiger partial charge in [0.05, 0.1) is 23.8 Å². The van der Waals surface area contributed by atoms with Crippen LogP contribution in [-0.4, -0.2) is 54.7 Å². The number of halogens is 1. The molecule has 0 atom stereocenters. The lowest BCUT2D eigenvalue weighted by molar-refractivity contribution is 0.0730. The molecular weight excluding hydrogens is 447 g/mol. The van der Waals surface area contributed by atoms with Gasteiger partial charge in [-0.15, -0.1) is 0 Å². The Hall–Kier alpha value is -3.08. The molecular formula is C23H25FN4O4S. The SMILES string of the molecule is Cc1cc(C)n(-c2ccc(NC(=O)c3ccc(C)c(S(=O)(=O)N4CCOCC4)c3)cc2F)n1. The van der Waals surface area contributed by atoms with E-state index in [2.05, 4.69) is 10.4 Å². The quantitative estimate of drug-likeness (QED) is 0.616. The molecule has 0 spiro atoms. The van der Waals surface area contributed by atoms with Gasteiger partial charge in [0.1, 0.15) is 5.69 Å². The smallest absolute Gasteiger partial charge is 0.255 e. The fourth-order valence-electron chi connectivity index (χ4n) is 3.78. The molecule has 2 aromatic carbocycles. The molecule has 1 aromatic heterocycles. The van der Waals surface area contributed by atoms with Gasteiger partial charge in [0, 0.05) is 30.0 Å². The number of nitrogens with zero attached hydrogens (tertiary/aromatic N) is 3. The van der Waals surface area contributed by atoms with Gasteiger partial charge >= 0.3 is 0 Å². The Morgan fingerprint density at radius 3 is 2.42 bits per heavy atom. The number of amides is 1. The highest BCUT2D eigenvalue weighted by molar-refractivity contribution is 7.89. The summed E-state index contributed by atoms with van der Waals surface area (Å²) in [6.45, 7) is 6.52. The summed E-state index contributed by atoms with van der Waals surface area (Å²) < 4.78 is 49.0. The third-order valence-electron chi connectivity index (χ3n) is 5.48. The van der Waals surface area contributed by atoms with Crippen LogP contribution in [0.5, 0.6) is 0 Å². The summed E-state index contributed by atoms with van der Waals surface area (Å²) in [7, 11) is -3.76. The first-order valence-electron chi connectivity index (χ1n) is 10.5. The number of carbonyl (C=O) groups excluding carboxylic acids is 1. The van der Waals surface area contributed by atoms with Crippen LogP contribution in [0.25, 0.3) is 5.69 Å². The number of aromatic nitrogens is 2. The highest BCUT2D eigenvalue weighted by atomic mass is 32.2. The first-order chi connectivity index (χ1) is 15.7. The summed E-state index contributed by atoms with van der Waals surface area (Å²) in [5.74, 6) is -1.08. The second-order valence-corrected chi connectivity index (χ2v) is 9.86. The van der Waals surface area contributed by atoms with Gasteiger partial charge in [0.25, 0.3) is 5.91 Å². The van der Waals surface area contributed by atoms with Crippen LogP contribution in [0.2, 0.25) is 0 Å². The molecule has 1 fully saturated rings. The lowest BCUT2D eigenvalue weighted by atomic mass is 10.1. The minimum absolute atomic E-state index is 0.0723. The fraction of sp³-hybridized carbons (Fsp3) is 0.304. The molecule has 0 saturated carbocycles. The van der Waals surface area contributed by atoms with E-state index < -0.39 is 21.7 Å². The zero-order chi connectivity index (χ0) is 23.8. The van der Waals surface area contributed by atoms with Crippen molar-refractivity contribution in [3.05, 3.63) is 70.8 Å². The topological polar surface area (TPSA) is 93.5 Å². The maximum Gasteiger partial charge on any atom is 0.255 e. The van der Waals surface area contributed by atoms with E-state index in [4.69, 9.17) is 4.74 Å². The molecule has 1 aliphatic rings. The van der Waals surface area contributed by atoms with Crippen LogP contribution >= 0.6 is 0 Å². The van der Waals surface area contributed by atoms with Gasteiger partial charge in [-0.05, 0) is 62.7 Å². The minimum atomic E-state index is -3.76. The van der Waals surface area contributed by atoms with Crippen molar-refractivity contribution in [1.82, 2.24) is 14.1 Å². The van der Waals surface area contributed by atoms with Crippen LogP contribution in [-0.2, 0) is 14.8 Å². The predicted molar refractivity (Wildman–Crippen MR) is 122 cm³/mol. The molecule has 0 bridgehead atoms. The summed E-state index contributed by atoms with van der Waals surface area (Å²) >= 11 is 0. The van der Waals surface area contributed by atoms with Crippen LogP contribution in [0.4, 0.5) is 10.1 Å². The van der Waals surface area contributed by atoms with Crippen molar-refractivity contribution in [3.63, 3.8) is 0 Å². The Kier molecular flexibility index (Phi) is 6.33. The third-order valence-corrected chi connectivity index (χ3v) is 7.52. The van der Waals surface area contributed by atoms with E-state index in [9.17, 15) is 17.6 Å². The molecule has 1 N–H and O–H groups in total.